The normalized spacial score (nSPS) is 15.6. The van der Waals surface area contributed by atoms with E-state index >= 15 is 0 Å². The van der Waals surface area contributed by atoms with Crippen LogP contribution >= 0.6 is 0 Å². The quantitative estimate of drug-likeness (QED) is 0.543. The molecule has 1 unspecified atom stereocenters. The molecule has 0 saturated heterocycles. The molecule has 19 heavy (non-hydrogen) atoms. The second-order valence-electron chi connectivity index (χ2n) is 4.52. The van der Waals surface area contributed by atoms with Crippen molar-refractivity contribution in [2.24, 2.45) is 5.73 Å². The highest BCUT2D eigenvalue weighted by Gasteiger charge is 2.75. The number of hydrogen-bond acceptors (Lipinski definition) is 1. The van der Waals surface area contributed by atoms with Crippen LogP contribution in [0.2, 0.25) is 0 Å². The number of alkyl halides is 7. The second-order valence-corrected chi connectivity index (χ2v) is 4.52. The fraction of sp³-hybridized carbons (Fsp3) is 1.00. The van der Waals surface area contributed by atoms with Gasteiger partial charge in [-0.3, -0.25) is 0 Å². The minimum Gasteiger partial charge on any atom is -0.324 e. The summed E-state index contributed by atoms with van der Waals surface area (Å²) in [5, 5.41) is 0. The smallest absolute Gasteiger partial charge is 0.324 e. The molecule has 0 spiro atoms. The molecular formula is C11H18F7N. The third-order valence-corrected chi connectivity index (χ3v) is 2.95. The van der Waals surface area contributed by atoms with Gasteiger partial charge in [0.2, 0.25) is 0 Å². The predicted octanol–water partition coefficient (Wildman–Crippen LogP) is 4.51. The van der Waals surface area contributed by atoms with E-state index in [1.165, 1.54) is 0 Å². The third-order valence-electron chi connectivity index (χ3n) is 2.95. The van der Waals surface area contributed by atoms with Gasteiger partial charge in [0.25, 0.3) is 0 Å². The molecule has 0 radical (unpaired) electrons. The molecule has 1 nitrogen and oxygen atoms in total. The Morgan fingerprint density at radius 1 is 0.789 bits per heavy atom. The number of nitrogens with two attached hydrogens (primary N) is 1. The van der Waals surface area contributed by atoms with Crippen molar-refractivity contribution in [3.8, 4) is 0 Å². The average molecular weight is 297 g/mol. The first-order chi connectivity index (χ1) is 8.48. The summed E-state index contributed by atoms with van der Waals surface area (Å²) in [6.45, 7) is 1.91. The molecule has 0 saturated carbocycles. The van der Waals surface area contributed by atoms with E-state index in [0.29, 0.717) is 12.8 Å². The molecule has 0 aliphatic heterocycles. The van der Waals surface area contributed by atoms with Gasteiger partial charge in [-0.25, -0.2) is 4.39 Å². The first-order valence-corrected chi connectivity index (χ1v) is 6.06. The molecule has 2 N–H and O–H groups in total. The van der Waals surface area contributed by atoms with E-state index < -0.39 is 30.5 Å². The Bertz CT molecular complexity index is 245. The summed E-state index contributed by atoms with van der Waals surface area (Å²) in [4.78, 5) is 0. The zero-order chi connectivity index (χ0) is 15.3. The monoisotopic (exact) mass is 297 g/mol. The molecular weight excluding hydrogens is 279 g/mol. The summed E-state index contributed by atoms with van der Waals surface area (Å²) < 4.78 is 87.2. The van der Waals surface area contributed by atoms with Gasteiger partial charge in [-0.1, -0.05) is 39.0 Å². The summed E-state index contributed by atoms with van der Waals surface area (Å²) in [5.41, 5.74) is -0.518. The van der Waals surface area contributed by atoms with Crippen LogP contribution in [0.25, 0.3) is 0 Å². The van der Waals surface area contributed by atoms with E-state index in [0.717, 1.165) is 12.8 Å². The molecule has 0 rings (SSSR count). The number of unbranched alkanes of at least 4 members (excludes halogenated alkanes) is 4. The van der Waals surface area contributed by atoms with E-state index in [2.05, 4.69) is 0 Å². The molecule has 0 heterocycles. The minimum atomic E-state index is -6.06. The van der Waals surface area contributed by atoms with Gasteiger partial charge in [-0.2, -0.15) is 26.3 Å². The lowest BCUT2D eigenvalue weighted by Gasteiger charge is -2.34. The molecule has 0 aromatic heterocycles. The highest BCUT2D eigenvalue weighted by Crippen LogP contribution is 2.48. The van der Waals surface area contributed by atoms with Crippen molar-refractivity contribution in [1.82, 2.24) is 0 Å². The fourth-order valence-electron chi connectivity index (χ4n) is 1.75. The standard InChI is InChI=1S/C11H18F7N/c1-2-3-4-5-6-7-8(19)9(12,10(13,14)15)11(16,17)18/h8H,2-7,19H2,1H3. The second kappa shape index (κ2) is 6.76. The Morgan fingerprint density at radius 3 is 1.58 bits per heavy atom. The first kappa shape index (κ1) is 18.5. The Hall–Kier alpha value is -0.530. The van der Waals surface area contributed by atoms with Gasteiger partial charge in [-0.05, 0) is 6.42 Å². The molecule has 0 bridgehead atoms. The summed E-state index contributed by atoms with van der Waals surface area (Å²) in [7, 11) is 0. The highest BCUT2D eigenvalue weighted by atomic mass is 19.4. The van der Waals surface area contributed by atoms with Crippen LogP contribution in [0.15, 0.2) is 0 Å². The molecule has 0 fully saturated rings. The van der Waals surface area contributed by atoms with E-state index in [1.807, 2.05) is 6.92 Å². The minimum absolute atomic E-state index is 0.0407. The largest absolute Gasteiger partial charge is 0.433 e. The summed E-state index contributed by atoms with van der Waals surface area (Å²) >= 11 is 0. The first-order valence-electron chi connectivity index (χ1n) is 6.06. The SMILES string of the molecule is CCCCCCCC(N)C(F)(C(F)(F)F)C(F)(F)F. The number of hydrogen-bond donors (Lipinski definition) is 1. The van der Waals surface area contributed by atoms with Crippen LogP contribution in [-0.4, -0.2) is 24.1 Å². The van der Waals surface area contributed by atoms with Crippen molar-refractivity contribution in [1.29, 1.82) is 0 Å². The lowest BCUT2D eigenvalue weighted by Crippen LogP contribution is -2.63. The van der Waals surface area contributed by atoms with Crippen molar-refractivity contribution >= 4 is 0 Å². The van der Waals surface area contributed by atoms with Crippen LogP contribution in [0.5, 0.6) is 0 Å². The fourth-order valence-corrected chi connectivity index (χ4v) is 1.75. The van der Waals surface area contributed by atoms with Crippen LogP contribution < -0.4 is 5.73 Å². The highest BCUT2D eigenvalue weighted by molar-refractivity contribution is 5.02. The zero-order valence-corrected chi connectivity index (χ0v) is 10.5. The molecule has 0 aromatic rings. The lowest BCUT2D eigenvalue weighted by atomic mass is 9.90. The Balaban J connectivity index is 4.64. The maximum Gasteiger partial charge on any atom is 0.433 e. The van der Waals surface area contributed by atoms with Crippen molar-refractivity contribution < 1.29 is 30.7 Å². The van der Waals surface area contributed by atoms with Gasteiger partial charge >= 0.3 is 18.0 Å². The summed E-state index contributed by atoms with van der Waals surface area (Å²) in [5.74, 6) is 0. The molecule has 0 aromatic carbocycles. The van der Waals surface area contributed by atoms with Crippen molar-refractivity contribution in [3.63, 3.8) is 0 Å². The van der Waals surface area contributed by atoms with Gasteiger partial charge in [0.15, 0.2) is 0 Å². The van der Waals surface area contributed by atoms with Gasteiger partial charge < -0.3 is 5.73 Å². The van der Waals surface area contributed by atoms with E-state index in [-0.39, 0.29) is 6.42 Å². The Labute approximate surface area is 107 Å². The van der Waals surface area contributed by atoms with Crippen LogP contribution in [0.1, 0.15) is 45.4 Å². The van der Waals surface area contributed by atoms with Crippen LogP contribution in [0.4, 0.5) is 30.7 Å². The molecule has 0 aliphatic rings. The molecule has 8 heteroatoms. The van der Waals surface area contributed by atoms with E-state index in [9.17, 15) is 30.7 Å². The van der Waals surface area contributed by atoms with Crippen LogP contribution in [0.3, 0.4) is 0 Å². The Morgan fingerprint density at radius 2 is 1.21 bits per heavy atom. The molecule has 0 amide bonds. The van der Waals surface area contributed by atoms with Crippen molar-refractivity contribution in [2.75, 3.05) is 0 Å². The van der Waals surface area contributed by atoms with E-state index in [1.54, 1.807) is 0 Å². The number of halogens is 7. The average Bonchev–Trinajstić information content (AvgIpc) is 2.24. The topological polar surface area (TPSA) is 26.0 Å². The summed E-state index contributed by atoms with van der Waals surface area (Å²) in [6, 6.07) is -2.63. The maximum absolute atomic E-state index is 13.4. The van der Waals surface area contributed by atoms with Gasteiger partial charge in [0, 0.05) is 0 Å². The van der Waals surface area contributed by atoms with Gasteiger partial charge in [-0.15, -0.1) is 0 Å². The predicted molar refractivity (Wildman–Crippen MR) is 57.3 cm³/mol. The molecule has 1 atom stereocenters. The van der Waals surface area contributed by atoms with Crippen molar-refractivity contribution in [2.45, 2.75) is 69.5 Å². The zero-order valence-electron chi connectivity index (χ0n) is 10.5. The van der Waals surface area contributed by atoms with Crippen LogP contribution in [0, 0.1) is 0 Å². The van der Waals surface area contributed by atoms with Gasteiger partial charge in [0.05, 0.1) is 6.04 Å². The Kier molecular flexibility index (Phi) is 6.57. The molecule has 116 valence electrons. The molecule has 0 aliphatic carbocycles. The van der Waals surface area contributed by atoms with Crippen LogP contribution in [-0.2, 0) is 0 Å². The lowest BCUT2D eigenvalue weighted by molar-refractivity contribution is -0.347. The van der Waals surface area contributed by atoms with E-state index in [4.69, 9.17) is 5.73 Å². The number of rotatable bonds is 7. The maximum atomic E-state index is 13.4. The third kappa shape index (κ3) is 4.50. The summed E-state index contributed by atoms with van der Waals surface area (Å²) in [6.07, 6.45) is -9.91. The van der Waals surface area contributed by atoms with Crippen molar-refractivity contribution in [3.05, 3.63) is 0 Å². The van der Waals surface area contributed by atoms with Gasteiger partial charge in [0.1, 0.15) is 0 Å².